The maximum atomic E-state index is 12.6. The molecular weight excluding hydrogens is 213 g/mol. The Balaban J connectivity index is 4.69. The lowest BCUT2D eigenvalue weighted by molar-refractivity contribution is -0.219. The first-order valence-corrected chi connectivity index (χ1v) is 3.51. The van der Waals surface area contributed by atoms with Crippen LogP contribution in [0.1, 0.15) is 6.92 Å². The van der Waals surface area contributed by atoms with E-state index in [1.165, 1.54) is 6.92 Å². The van der Waals surface area contributed by atoms with Crippen LogP contribution in [0.2, 0.25) is 0 Å². The van der Waals surface area contributed by atoms with E-state index in [2.05, 4.69) is 10.5 Å². The minimum atomic E-state index is -5.35. The van der Waals surface area contributed by atoms with Crippen molar-refractivity contribution < 1.29 is 31.5 Å². The van der Waals surface area contributed by atoms with Gasteiger partial charge in [-0.3, -0.25) is 0 Å². The quantitative estimate of drug-likeness (QED) is 0.573. The Morgan fingerprint density at radius 2 is 1.79 bits per heavy atom. The summed E-state index contributed by atoms with van der Waals surface area (Å²) in [6.45, 7) is 0.742. The van der Waals surface area contributed by atoms with Gasteiger partial charge in [-0.05, 0) is 6.92 Å². The molecule has 3 nitrogen and oxygen atoms in total. The Morgan fingerprint density at radius 3 is 2.07 bits per heavy atom. The molecule has 0 bridgehead atoms. The molecule has 2 N–H and O–H groups in total. The number of nitrogens with two attached hydrogens (primary N) is 1. The lowest BCUT2D eigenvalue weighted by Gasteiger charge is -2.23. The van der Waals surface area contributed by atoms with Crippen molar-refractivity contribution in [3.63, 3.8) is 0 Å². The highest BCUT2D eigenvalue weighted by Gasteiger charge is 2.59. The fourth-order valence-corrected chi connectivity index (χ4v) is 0.560. The van der Waals surface area contributed by atoms with Gasteiger partial charge in [0.05, 0.1) is 6.61 Å². The molecule has 0 saturated heterocycles. The van der Waals surface area contributed by atoms with Crippen LogP contribution in [-0.2, 0) is 9.53 Å². The van der Waals surface area contributed by atoms with E-state index >= 15 is 0 Å². The van der Waals surface area contributed by atoms with Crippen molar-refractivity contribution in [2.45, 2.75) is 25.1 Å². The molecule has 14 heavy (non-hydrogen) atoms. The van der Waals surface area contributed by atoms with Crippen LogP contribution in [-0.4, -0.2) is 30.7 Å². The van der Waals surface area contributed by atoms with Gasteiger partial charge < -0.3 is 10.5 Å². The molecule has 0 aliphatic carbocycles. The van der Waals surface area contributed by atoms with Gasteiger partial charge in [0.15, 0.2) is 6.04 Å². The van der Waals surface area contributed by atoms with Crippen molar-refractivity contribution >= 4 is 5.97 Å². The second kappa shape index (κ2) is 4.07. The standard InChI is InChI=1S/C6H8F5NO2/c1-2-14-4(13)5(7,8)3(12)6(9,10)11/h3H,2,12H2,1H3/t3-/m0/s1. The van der Waals surface area contributed by atoms with Gasteiger partial charge in [-0.15, -0.1) is 0 Å². The third-order valence-electron chi connectivity index (χ3n) is 1.29. The summed E-state index contributed by atoms with van der Waals surface area (Å²) in [5, 5.41) is 0. The SMILES string of the molecule is CCOC(=O)C(F)(F)[C@H](N)C(F)(F)F. The molecule has 1 atom stereocenters. The lowest BCUT2D eigenvalue weighted by Crippen LogP contribution is -2.56. The summed E-state index contributed by atoms with van der Waals surface area (Å²) in [5.41, 5.74) is 4.18. The highest BCUT2D eigenvalue weighted by Crippen LogP contribution is 2.31. The van der Waals surface area contributed by atoms with Gasteiger partial charge in [-0.25, -0.2) is 4.79 Å². The first kappa shape index (κ1) is 13.1. The highest BCUT2D eigenvalue weighted by molar-refractivity contribution is 5.78. The molecule has 0 radical (unpaired) electrons. The predicted molar refractivity (Wildman–Crippen MR) is 35.6 cm³/mol. The summed E-state index contributed by atoms with van der Waals surface area (Å²) in [7, 11) is 0. The van der Waals surface area contributed by atoms with Crippen LogP contribution in [0.4, 0.5) is 22.0 Å². The molecule has 0 amide bonds. The first-order valence-electron chi connectivity index (χ1n) is 3.51. The molecule has 8 heteroatoms. The number of carbonyl (C=O) groups is 1. The molecule has 0 saturated carbocycles. The van der Waals surface area contributed by atoms with E-state index in [0.717, 1.165) is 0 Å². The molecule has 0 aliphatic rings. The molecule has 0 rings (SSSR count). The van der Waals surface area contributed by atoms with Crippen LogP contribution < -0.4 is 5.73 Å². The first-order chi connectivity index (χ1) is 6.14. The Kier molecular flexibility index (Phi) is 3.81. The molecule has 0 spiro atoms. The largest absolute Gasteiger partial charge is 0.462 e. The molecule has 0 aromatic heterocycles. The third kappa shape index (κ3) is 2.79. The summed E-state index contributed by atoms with van der Waals surface area (Å²) < 4.78 is 64.1. The summed E-state index contributed by atoms with van der Waals surface area (Å²) in [6.07, 6.45) is -5.35. The molecule has 0 aromatic rings. The van der Waals surface area contributed by atoms with Crippen LogP contribution in [0, 0.1) is 0 Å². The van der Waals surface area contributed by atoms with Gasteiger partial charge in [-0.2, -0.15) is 22.0 Å². The Bertz CT molecular complexity index is 215. The number of esters is 1. The number of carbonyl (C=O) groups excluding carboxylic acids is 1. The van der Waals surface area contributed by atoms with E-state index in [-0.39, 0.29) is 0 Å². The molecule has 0 fully saturated rings. The Labute approximate surface area is 76.0 Å². The van der Waals surface area contributed by atoms with Gasteiger partial charge in [0.25, 0.3) is 0 Å². The monoisotopic (exact) mass is 221 g/mol. The normalized spacial score (nSPS) is 15.1. The maximum Gasteiger partial charge on any atom is 0.410 e. The van der Waals surface area contributed by atoms with Crippen molar-refractivity contribution in [1.82, 2.24) is 0 Å². The van der Waals surface area contributed by atoms with Gasteiger partial charge >= 0.3 is 18.1 Å². The van der Waals surface area contributed by atoms with Crippen molar-refractivity contribution in [3.05, 3.63) is 0 Å². The second-order valence-electron chi connectivity index (χ2n) is 2.36. The number of hydrogen-bond acceptors (Lipinski definition) is 3. The zero-order valence-electron chi connectivity index (χ0n) is 7.07. The average molecular weight is 221 g/mol. The number of rotatable bonds is 3. The van der Waals surface area contributed by atoms with Gasteiger partial charge in [0, 0.05) is 0 Å². The molecule has 0 unspecified atom stereocenters. The number of ether oxygens (including phenoxy) is 1. The minimum Gasteiger partial charge on any atom is -0.462 e. The van der Waals surface area contributed by atoms with E-state index in [1.54, 1.807) is 0 Å². The highest BCUT2D eigenvalue weighted by atomic mass is 19.4. The van der Waals surface area contributed by atoms with E-state index in [0.29, 0.717) is 0 Å². The van der Waals surface area contributed by atoms with Crippen molar-refractivity contribution in [2.75, 3.05) is 6.61 Å². The molecule has 0 aromatic carbocycles. The number of hydrogen-bond donors (Lipinski definition) is 1. The van der Waals surface area contributed by atoms with Crippen molar-refractivity contribution in [1.29, 1.82) is 0 Å². The Morgan fingerprint density at radius 1 is 1.36 bits per heavy atom. The molecular formula is C6H8F5NO2. The van der Waals surface area contributed by atoms with E-state index in [9.17, 15) is 26.7 Å². The maximum absolute atomic E-state index is 12.6. The Hall–Kier alpha value is -0.920. The number of alkyl halides is 5. The van der Waals surface area contributed by atoms with Crippen LogP contribution in [0.25, 0.3) is 0 Å². The van der Waals surface area contributed by atoms with E-state index in [4.69, 9.17) is 0 Å². The fraction of sp³-hybridized carbons (Fsp3) is 0.833. The summed E-state index contributed by atoms with van der Waals surface area (Å²) in [4.78, 5) is 10.4. The second-order valence-corrected chi connectivity index (χ2v) is 2.36. The van der Waals surface area contributed by atoms with Gasteiger partial charge in [0.1, 0.15) is 0 Å². The minimum absolute atomic E-state index is 0.445. The van der Waals surface area contributed by atoms with Crippen molar-refractivity contribution in [3.8, 4) is 0 Å². The fourth-order valence-electron chi connectivity index (χ4n) is 0.560. The topological polar surface area (TPSA) is 52.3 Å². The zero-order chi connectivity index (χ0) is 11.6. The third-order valence-corrected chi connectivity index (χ3v) is 1.29. The molecule has 84 valence electrons. The van der Waals surface area contributed by atoms with E-state index < -0.39 is 30.7 Å². The van der Waals surface area contributed by atoms with Crippen molar-refractivity contribution in [2.24, 2.45) is 5.73 Å². The van der Waals surface area contributed by atoms with Gasteiger partial charge in [0.2, 0.25) is 0 Å². The molecule has 0 aliphatic heterocycles. The summed E-state index contributed by atoms with van der Waals surface area (Å²) in [5.74, 6) is -7.03. The summed E-state index contributed by atoms with van der Waals surface area (Å²) in [6, 6.07) is -3.55. The van der Waals surface area contributed by atoms with Crippen LogP contribution in [0.5, 0.6) is 0 Å². The predicted octanol–water partition coefficient (Wildman–Crippen LogP) is 1.07. The van der Waals surface area contributed by atoms with E-state index in [1.807, 2.05) is 0 Å². The summed E-state index contributed by atoms with van der Waals surface area (Å²) >= 11 is 0. The lowest BCUT2D eigenvalue weighted by atomic mass is 10.1. The van der Waals surface area contributed by atoms with Crippen LogP contribution in [0.3, 0.4) is 0 Å². The smallest absolute Gasteiger partial charge is 0.410 e. The number of halogens is 5. The zero-order valence-corrected chi connectivity index (χ0v) is 7.07. The van der Waals surface area contributed by atoms with Crippen LogP contribution in [0.15, 0.2) is 0 Å². The molecule has 0 heterocycles. The van der Waals surface area contributed by atoms with Gasteiger partial charge in [-0.1, -0.05) is 0 Å². The average Bonchev–Trinajstić information content (AvgIpc) is 2.01. The van der Waals surface area contributed by atoms with Crippen LogP contribution >= 0.6 is 0 Å².